The van der Waals surface area contributed by atoms with Crippen LogP contribution in [0.15, 0.2) is 23.2 Å². The van der Waals surface area contributed by atoms with Crippen LogP contribution in [-0.4, -0.2) is 57.8 Å². The molecule has 1 saturated heterocycles. The number of aliphatic imine (C=N–C) groups is 1. The molecule has 1 aromatic carbocycles. The lowest BCUT2D eigenvalue weighted by atomic mass is 10.1. The number of likely N-dealkylation sites (tertiary alicyclic amines) is 1. The lowest BCUT2D eigenvalue weighted by Crippen LogP contribution is -2.36. The Morgan fingerprint density at radius 3 is 2.62 bits per heavy atom. The van der Waals surface area contributed by atoms with Crippen molar-refractivity contribution in [3.8, 4) is 11.5 Å². The zero-order valence-electron chi connectivity index (χ0n) is 16.5. The standard InChI is InChI=1S/C20H34N4O2/c1-16(15-24-11-5-4-6-12-24)14-23-20(21)22-10-9-17-7-8-18(25-2)19(13-17)26-3/h7-8,13,16H,4-6,9-12,14-15H2,1-3H3,(H3,21,22,23). The largest absolute Gasteiger partial charge is 0.493 e. The van der Waals surface area contributed by atoms with Gasteiger partial charge in [-0.05, 0) is 56.0 Å². The van der Waals surface area contributed by atoms with Crippen LogP contribution >= 0.6 is 0 Å². The third kappa shape index (κ3) is 6.75. The predicted octanol–water partition coefficient (Wildman–Crippen LogP) is 2.27. The minimum Gasteiger partial charge on any atom is -0.493 e. The number of hydrogen-bond acceptors (Lipinski definition) is 4. The van der Waals surface area contributed by atoms with E-state index in [2.05, 4.69) is 22.1 Å². The zero-order chi connectivity index (χ0) is 18.8. The number of piperidine rings is 1. The van der Waals surface area contributed by atoms with Gasteiger partial charge in [-0.2, -0.15) is 0 Å². The highest BCUT2D eigenvalue weighted by Crippen LogP contribution is 2.27. The summed E-state index contributed by atoms with van der Waals surface area (Å²) < 4.78 is 10.6. The summed E-state index contributed by atoms with van der Waals surface area (Å²) in [5.74, 6) is 2.54. The first-order valence-corrected chi connectivity index (χ1v) is 9.59. The Kier molecular flexibility index (Phi) is 8.54. The van der Waals surface area contributed by atoms with E-state index in [1.54, 1.807) is 14.2 Å². The van der Waals surface area contributed by atoms with Gasteiger partial charge in [0.2, 0.25) is 0 Å². The molecule has 0 spiro atoms. The van der Waals surface area contributed by atoms with Crippen LogP contribution in [0.4, 0.5) is 0 Å². The number of hydrogen-bond donors (Lipinski definition) is 2. The topological polar surface area (TPSA) is 72.1 Å². The lowest BCUT2D eigenvalue weighted by Gasteiger charge is -2.28. The van der Waals surface area contributed by atoms with Gasteiger partial charge in [0.25, 0.3) is 0 Å². The van der Waals surface area contributed by atoms with Gasteiger partial charge < -0.3 is 25.4 Å². The van der Waals surface area contributed by atoms with Crippen LogP contribution < -0.4 is 20.5 Å². The summed E-state index contributed by atoms with van der Waals surface area (Å²) >= 11 is 0. The average molecular weight is 363 g/mol. The van der Waals surface area contributed by atoms with Gasteiger partial charge in [0, 0.05) is 19.6 Å². The Bertz CT molecular complexity index is 571. The van der Waals surface area contributed by atoms with Crippen molar-refractivity contribution in [3.63, 3.8) is 0 Å². The second-order valence-corrected chi connectivity index (χ2v) is 7.06. The summed E-state index contributed by atoms with van der Waals surface area (Å²) in [5, 5.41) is 3.20. The van der Waals surface area contributed by atoms with Crippen molar-refractivity contribution in [3.05, 3.63) is 23.8 Å². The molecular formula is C20H34N4O2. The molecule has 1 aliphatic rings. The molecule has 0 amide bonds. The molecule has 1 heterocycles. The molecule has 6 nitrogen and oxygen atoms in total. The predicted molar refractivity (Wildman–Crippen MR) is 107 cm³/mol. The maximum Gasteiger partial charge on any atom is 0.188 e. The number of nitrogens with one attached hydrogen (secondary N) is 1. The van der Waals surface area contributed by atoms with E-state index in [-0.39, 0.29) is 0 Å². The molecule has 26 heavy (non-hydrogen) atoms. The van der Waals surface area contributed by atoms with Gasteiger partial charge in [-0.3, -0.25) is 4.99 Å². The molecule has 1 aliphatic heterocycles. The summed E-state index contributed by atoms with van der Waals surface area (Å²) in [6.07, 6.45) is 4.88. The first-order valence-electron chi connectivity index (χ1n) is 9.59. The average Bonchev–Trinajstić information content (AvgIpc) is 2.67. The van der Waals surface area contributed by atoms with Crippen molar-refractivity contribution in [2.24, 2.45) is 16.6 Å². The minimum absolute atomic E-state index is 0.524. The monoisotopic (exact) mass is 362 g/mol. The molecule has 0 aromatic heterocycles. The summed E-state index contributed by atoms with van der Waals surface area (Å²) in [6, 6.07) is 5.96. The second kappa shape index (κ2) is 10.9. The molecule has 1 aromatic rings. The van der Waals surface area contributed by atoms with Crippen molar-refractivity contribution in [1.29, 1.82) is 0 Å². The van der Waals surface area contributed by atoms with Crippen molar-refractivity contribution in [2.75, 3.05) is 46.9 Å². The molecule has 0 radical (unpaired) electrons. The molecule has 146 valence electrons. The molecule has 0 bridgehead atoms. The molecule has 2 rings (SSSR count). The number of benzene rings is 1. The van der Waals surface area contributed by atoms with E-state index < -0.39 is 0 Å². The minimum atomic E-state index is 0.524. The van der Waals surface area contributed by atoms with Crippen LogP contribution in [0.2, 0.25) is 0 Å². The van der Waals surface area contributed by atoms with Gasteiger partial charge in [-0.15, -0.1) is 0 Å². The van der Waals surface area contributed by atoms with Crippen molar-refractivity contribution >= 4 is 5.96 Å². The second-order valence-electron chi connectivity index (χ2n) is 7.06. The molecule has 1 atom stereocenters. The number of nitrogens with zero attached hydrogens (tertiary/aromatic N) is 2. The summed E-state index contributed by atoms with van der Waals surface area (Å²) in [4.78, 5) is 7.04. The Hall–Kier alpha value is -1.95. The van der Waals surface area contributed by atoms with Crippen LogP contribution in [0.25, 0.3) is 0 Å². The molecule has 6 heteroatoms. The molecule has 1 fully saturated rings. The van der Waals surface area contributed by atoms with E-state index in [0.29, 0.717) is 11.9 Å². The maximum atomic E-state index is 6.00. The van der Waals surface area contributed by atoms with Crippen LogP contribution in [0.1, 0.15) is 31.7 Å². The first kappa shape index (κ1) is 20.4. The smallest absolute Gasteiger partial charge is 0.188 e. The Morgan fingerprint density at radius 2 is 1.92 bits per heavy atom. The molecule has 0 saturated carbocycles. The van der Waals surface area contributed by atoms with Gasteiger partial charge in [0.15, 0.2) is 17.5 Å². The lowest BCUT2D eigenvalue weighted by molar-refractivity contribution is 0.203. The fraction of sp³-hybridized carbons (Fsp3) is 0.650. The third-order valence-electron chi connectivity index (χ3n) is 4.76. The van der Waals surface area contributed by atoms with Gasteiger partial charge in [-0.1, -0.05) is 19.4 Å². The van der Waals surface area contributed by atoms with Crippen LogP contribution in [0.5, 0.6) is 11.5 Å². The Balaban J connectivity index is 1.70. The number of nitrogens with two attached hydrogens (primary N) is 1. The fourth-order valence-electron chi connectivity index (χ4n) is 3.32. The van der Waals surface area contributed by atoms with Crippen molar-refractivity contribution in [1.82, 2.24) is 10.2 Å². The van der Waals surface area contributed by atoms with E-state index in [9.17, 15) is 0 Å². The summed E-state index contributed by atoms with van der Waals surface area (Å²) in [6.45, 7) is 7.33. The van der Waals surface area contributed by atoms with Crippen LogP contribution in [-0.2, 0) is 6.42 Å². The highest BCUT2D eigenvalue weighted by molar-refractivity contribution is 5.77. The van der Waals surface area contributed by atoms with E-state index in [4.69, 9.17) is 15.2 Å². The van der Waals surface area contributed by atoms with Crippen LogP contribution in [0, 0.1) is 5.92 Å². The maximum absolute atomic E-state index is 6.00. The van der Waals surface area contributed by atoms with Gasteiger partial charge in [0.05, 0.1) is 14.2 Å². The number of ether oxygens (including phenoxy) is 2. The third-order valence-corrected chi connectivity index (χ3v) is 4.76. The number of guanidine groups is 1. The molecule has 0 aliphatic carbocycles. The molecular weight excluding hydrogens is 328 g/mol. The SMILES string of the molecule is COc1ccc(CCNC(N)=NCC(C)CN2CCCCC2)cc1OC. The van der Waals surface area contributed by atoms with Crippen LogP contribution in [0.3, 0.4) is 0 Å². The fourth-order valence-corrected chi connectivity index (χ4v) is 3.32. The Labute approximate surface area is 157 Å². The summed E-state index contributed by atoms with van der Waals surface area (Å²) in [5.41, 5.74) is 7.17. The molecule has 1 unspecified atom stereocenters. The van der Waals surface area contributed by atoms with E-state index in [1.165, 1.54) is 37.9 Å². The summed E-state index contributed by atoms with van der Waals surface area (Å²) in [7, 11) is 3.29. The molecule has 3 N–H and O–H groups in total. The number of methoxy groups -OCH3 is 2. The van der Waals surface area contributed by atoms with Crippen molar-refractivity contribution < 1.29 is 9.47 Å². The van der Waals surface area contributed by atoms with Gasteiger partial charge >= 0.3 is 0 Å². The Morgan fingerprint density at radius 1 is 1.19 bits per heavy atom. The highest BCUT2D eigenvalue weighted by atomic mass is 16.5. The van der Waals surface area contributed by atoms with E-state index >= 15 is 0 Å². The highest BCUT2D eigenvalue weighted by Gasteiger charge is 2.13. The van der Waals surface area contributed by atoms with Crippen molar-refractivity contribution in [2.45, 2.75) is 32.6 Å². The van der Waals surface area contributed by atoms with E-state index in [0.717, 1.165) is 37.6 Å². The van der Waals surface area contributed by atoms with E-state index in [1.807, 2.05) is 18.2 Å². The van der Waals surface area contributed by atoms with Gasteiger partial charge in [0.1, 0.15) is 0 Å². The van der Waals surface area contributed by atoms with Gasteiger partial charge in [-0.25, -0.2) is 0 Å². The normalized spacial score (nSPS) is 17.0. The quantitative estimate of drug-likeness (QED) is 0.521. The zero-order valence-corrected chi connectivity index (χ0v) is 16.5. The first-order chi connectivity index (χ1) is 12.6. The number of rotatable bonds is 9.